The molecule has 2 N–H and O–H groups in total. The van der Waals surface area contributed by atoms with Crippen LogP contribution in [0.5, 0.6) is 0 Å². The monoisotopic (exact) mass is 320 g/mol. The highest BCUT2D eigenvalue weighted by Gasteiger charge is 2.30. The molecule has 0 bridgehead atoms. The number of pyridine rings is 1. The molecule has 1 saturated carbocycles. The van der Waals surface area contributed by atoms with Crippen LogP contribution in [-0.4, -0.2) is 27.4 Å². The summed E-state index contributed by atoms with van der Waals surface area (Å²) in [6, 6.07) is 12.3. The molecule has 1 aliphatic rings. The van der Waals surface area contributed by atoms with Crippen LogP contribution < -0.4 is 5.32 Å². The fourth-order valence-corrected chi connectivity index (χ4v) is 3.45. The Balaban J connectivity index is 1.36. The van der Waals surface area contributed by atoms with E-state index in [4.69, 9.17) is 0 Å². The van der Waals surface area contributed by atoms with Crippen LogP contribution in [0.25, 0.3) is 11.2 Å². The van der Waals surface area contributed by atoms with Crippen LogP contribution >= 0.6 is 0 Å². The van der Waals surface area contributed by atoms with E-state index in [2.05, 4.69) is 44.5 Å². The summed E-state index contributed by atoms with van der Waals surface area (Å²) in [5, 5.41) is 3.06. The van der Waals surface area contributed by atoms with E-state index in [1.807, 2.05) is 13.0 Å². The Morgan fingerprint density at radius 2 is 2.04 bits per heavy atom. The molecule has 0 spiro atoms. The number of rotatable bonds is 4. The maximum atomic E-state index is 12.5. The number of hydrogen-bond acceptors (Lipinski definition) is 3. The van der Waals surface area contributed by atoms with Gasteiger partial charge in [-0.3, -0.25) is 4.79 Å². The molecule has 0 aliphatic heterocycles. The van der Waals surface area contributed by atoms with E-state index in [9.17, 15) is 4.79 Å². The lowest BCUT2D eigenvalue weighted by Crippen LogP contribution is -2.35. The molecule has 4 rings (SSSR count). The van der Waals surface area contributed by atoms with E-state index >= 15 is 0 Å². The Morgan fingerprint density at radius 3 is 2.83 bits per heavy atom. The summed E-state index contributed by atoms with van der Waals surface area (Å²) in [5.74, 6) is 1.90. The van der Waals surface area contributed by atoms with E-state index in [1.54, 1.807) is 12.3 Å². The van der Waals surface area contributed by atoms with Crippen molar-refractivity contribution in [1.29, 1.82) is 0 Å². The number of carbonyl (C=O) groups excluding carboxylic acids is 1. The lowest BCUT2D eigenvalue weighted by molar-refractivity contribution is 0.0936. The van der Waals surface area contributed by atoms with Crippen molar-refractivity contribution in [2.45, 2.75) is 25.7 Å². The lowest BCUT2D eigenvalue weighted by atomic mass is 9.71. The fraction of sp³-hybridized carbons (Fsp3) is 0.316. The van der Waals surface area contributed by atoms with Crippen molar-refractivity contribution in [3.8, 4) is 0 Å². The van der Waals surface area contributed by atoms with Crippen LogP contribution in [0.15, 0.2) is 42.6 Å². The zero-order valence-electron chi connectivity index (χ0n) is 13.6. The van der Waals surface area contributed by atoms with Crippen LogP contribution in [0, 0.1) is 12.8 Å². The molecule has 5 nitrogen and oxygen atoms in total. The van der Waals surface area contributed by atoms with Crippen molar-refractivity contribution in [3.63, 3.8) is 0 Å². The van der Waals surface area contributed by atoms with Gasteiger partial charge in [-0.25, -0.2) is 9.97 Å². The standard InChI is InChI=1S/C19H20N4O/c1-12-22-17-16(7-8-20-18(17)23-12)19(24)21-11-13-9-15(10-13)14-5-3-2-4-6-14/h2-8,13,15H,9-11H2,1H3,(H,21,24)(H,20,22,23). The smallest absolute Gasteiger partial charge is 0.253 e. The molecule has 1 amide bonds. The topological polar surface area (TPSA) is 70.7 Å². The van der Waals surface area contributed by atoms with Gasteiger partial charge in [0.2, 0.25) is 0 Å². The number of fused-ring (bicyclic) bond motifs is 1. The van der Waals surface area contributed by atoms with Crippen molar-refractivity contribution in [2.75, 3.05) is 6.54 Å². The third-order valence-corrected chi connectivity index (χ3v) is 4.81. The average Bonchev–Trinajstić information content (AvgIpc) is 2.94. The van der Waals surface area contributed by atoms with E-state index in [0.717, 1.165) is 25.2 Å². The van der Waals surface area contributed by atoms with E-state index in [0.29, 0.717) is 28.6 Å². The number of nitrogens with one attached hydrogen (secondary N) is 2. The zero-order valence-corrected chi connectivity index (χ0v) is 13.6. The number of carbonyl (C=O) groups is 1. The normalized spacial score (nSPS) is 19.9. The SMILES string of the molecule is Cc1nc2nccc(C(=O)NCC3CC(c4ccccc4)C3)c2[nH]1. The van der Waals surface area contributed by atoms with Gasteiger partial charge in [0.1, 0.15) is 5.82 Å². The van der Waals surface area contributed by atoms with Gasteiger partial charge in [-0.1, -0.05) is 30.3 Å². The summed E-state index contributed by atoms with van der Waals surface area (Å²) >= 11 is 0. The molecular weight excluding hydrogens is 300 g/mol. The summed E-state index contributed by atoms with van der Waals surface area (Å²) in [6.07, 6.45) is 3.91. The average molecular weight is 320 g/mol. The molecule has 1 aliphatic carbocycles. The van der Waals surface area contributed by atoms with Gasteiger partial charge in [-0.2, -0.15) is 0 Å². The number of amides is 1. The quantitative estimate of drug-likeness (QED) is 0.775. The lowest BCUT2D eigenvalue weighted by Gasteiger charge is -2.35. The molecule has 1 fully saturated rings. The van der Waals surface area contributed by atoms with E-state index in [-0.39, 0.29) is 5.91 Å². The van der Waals surface area contributed by atoms with Crippen LogP contribution in [0.1, 0.15) is 40.5 Å². The van der Waals surface area contributed by atoms with Crippen LogP contribution in [0.3, 0.4) is 0 Å². The molecule has 0 unspecified atom stereocenters. The van der Waals surface area contributed by atoms with E-state index in [1.165, 1.54) is 5.56 Å². The number of benzene rings is 1. The van der Waals surface area contributed by atoms with Gasteiger partial charge in [0.15, 0.2) is 5.65 Å². The highest BCUT2D eigenvalue weighted by atomic mass is 16.1. The number of aromatic amines is 1. The molecule has 5 heteroatoms. The van der Waals surface area contributed by atoms with E-state index < -0.39 is 0 Å². The summed E-state index contributed by atoms with van der Waals surface area (Å²) in [4.78, 5) is 24.1. The fourth-order valence-electron chi connectivity index (χ4n) is 3.45. The molecule has 1 aromatic carbocycles. The Bertz CT molecular complexity index is 865. The first-order chi connectivity index (χ1) is 11.7. The van der Waals surface area contributed by atoms with Gasteiger partial charge in [0.25, 0.3) is 5.91 Å². The first-order valence-electron chi connectivity index (χ1n) is 8.35. The highest BCUT2D eigenvalue weighted by molar-refractivity contribution is 6.03. The Labute approximate surface area is 140 Å². The molecular formula is C19H20N4O. The molecule has 0 atom stereocenters. The maximum absolute atomic E-state index is 12.5. The molecule has 2 heterocycles. The molecule has 2 aromatic heterocycles. The molecule has 3 aromatic rings. The van der Waals surface area contributed by atoms with Gasteiger partial charge in [-0.05, 0) is 43.2 Å². The second-order valence-electron chi connectivity index (χ2n) is 6.53. The number of imidazole rings is 1. The number of aryl methyl sites for hydroxylation is 1. The summed E-state index contributed by atoms with van der Waals surface area (Å²) in [7, 11) is 0. The maximum Gasteiger partial charge on any atom is 0.253 e. The van der Waals surface area contributed by atoms with Gasteiger partial charge >= 0.3 is 0 Å². The Morgan fingerprint density at radius 1 is 1.25 bits per heavy atom. The van der Waals surface area contributed by atoms with Crippen molar-refractivity contribution in [2.24, 2.45) is 5.92 Å². The minimum Gasteiger partial charge on any atom is -0.352 e. The van der Waals surface area contributed by atoms with Crippen molar-refractivity contribution < 1.29 is 4.79 Å². The third-order valence-electron chi connectivity index (χ3n) is 4.81. The number of nitrogens with zero attached hydrogens (tertiary/aromatic N) is 2. The first kappa shape index (κ1) is 14.9. The zero-order chi connectivity index (χ0) is 16.5. The van der Waals surface area contributed by atoms with Gasteiger partial charge in [0, 0.05) is 12.7 Å². The highest BCUT2D eigenvalue weighted by Crippen LogP contribution is 2.41. The summed E-state index contributed by atoms with van der Waals surface area (Å²) in [6.45, 7) is 2.58. The third kappa shape index (κ3) is 2.77. The largest absolute Gasteiger partial charge is 0.352 e. The summed E-state index contributed by atoms with van der Waals surface area (Å²) < 4.78 is 0. The van der Waals surface area contributed by atoms with Crippen LogP contribution in [-0.2, 0) is 0 Å². The number of hydrogen-bond donors (Lipinski definition) is 2. The minimum atomic E-state index is -0.0609. The predicted octanol–water partition coefficient (Wildman–Crippen LogP) is 3.19. The first-order valence-corrected chi connectivity index (χ1v) is 8.35. The molecule has 24 heavy (non-hydrogen) atoms. The Hall–Kier alpha value is -2.69. The molecule has 0 saturated heterocycles. The van der Waals surface area contributed by atoms with Crippen molar-refractivity contribution in [3.05, 3.63) is 59.5 Å². The number of aromatic nitrogens is 3. The van der Waals surface area contributed by atoms with Crippen molar-refractivity contribution in [1.82, 2.24) is 20.3 Å². The Kier molecular flexibility index (Phi) is 3.76. The molecule has 122 valence electrons. The second kappa shape index (κ2) is 6.07. The van der Waals surface area contributed by atoms with Crippen molar-refractivity contribution >= 4 is 17.1 Å². The van der Waals surface area contributed by atoms with Gasteiger partial charge < -0.3 is 10.3 Å². The van der Waals surface area contributed by atoms with Gasteiger partial charge in [0.05, 0.1) is 11.1 Å². The summed E-state index contributed by atoms with van der Waals surface area (Å²) in [5.41, 5.74) is 3.32. The predicted molar refractivity (Wildman–Crippen MR) is 92.9 cm³/mol. The van der Waals surface area contributed by atoms with Gasteiger partial charge in [-0.15, -0.1) is 0 Å². The minimum absolute atomic E-state index is 0.0609. The number of H-pyrrole nitrogens is 1. The second-order valence-corrected chi connectivity index (χ2v) is 6.53. The van der Waals surface area contributed by atoms with Crippen LogP contribution in [0.4, 0.5) is 0 Å². The van der Waals surface area contributed by atoms with Crippen LogP contribution in [0.2, 0.25) is 0 Å². The molecule has 0 radical (unpaired) electrons.